The summed E-state index contributed by atoms with van der Waals surface area (Å²) in [5.41, 5.74) is 0.457. The average molecular weight is 296 g/mol. The van der Waals surface area contributed by atoms with Gasteiger partial charge in [-0.3, -0.25) is 4.79 Å². The summed E-state index contributed by atoms with van der Waals surface area (Å²) in [7, 11) is -1.91. The first-order chi connectivity index (χ1) is 9.46. The molecule has 0 aliphatic carbocycles. The lowest BCUT2D eigenvalue weighted by Crippen LogP contribution is -2.41. The summed E-state index contributed by atoms with van der Waals surface area (Å²) in [6.07, 6.45) is 2.87. The molecule has 0 saturated carbocycles. The Morgan fingerprint density at radius 2 is 1.90 bits per heavy atom. The molecule has 0 aromatic heterocycles. The number of piperidine rings is 1. The van der Waals surface area contributed by atoms with E-state index in [2.05, 4.69) is 5.32 Å². The largest absolute Gasteiger partial charge is 0.355 e. The van der Waals surface area contributed by atoms with Crippen molar-refractivity contribution in [1.82, 2.24) is 9.62 Å². The molecule has 0 spiro atoms. The van der Waals surface area contributed by atoms with Gasteiger partial charge in [0.25, 0.3) is 5.91 Å². The molecule has 1 aliphatic rings. The van der Waals surface area contributed by atoms with Gasteiger partial charge >= 0.3 is 0 Å². The zero-order chi connectivity index (χ0) is 14.8. The summed E-state index contributed by atoms with van der Waals surface area (Å²) in [5.74, 6) is -0.222. The van der Waals surface area contributed by atoms with Crippen molar-refractivity contribution in [3.8, 4) is 0 Å². The summed E-state index contributed by atoms with van der Waals surface area (Å²) >= 11 is 0. The topological polar surface area (TPSA) is 66.5 Å². The lowest BCUT2D eigenvalue weighted by molar-refractivity contribution is 0.0963. The molecule has 1 aromatic rings. The highest BCUT2D eigenvalue weighted by Crippen LogP contribution is 2.25. The molecule has 1 amide bonds. The van der Waals surface area contributed by atoms with Gasteiger partial charge in [0, 0.05) is 25.2 Å². The van der Waals surface area contributed by atoms with Crippen LogP contribution < -0.4 is 5.32 Å². The van der Waals surface area contributed by atoms with E-state index >= 15 is 0 Å². The second kappa shape index (κ2) is 5.93. The van der Waals surface area contributed by atoms with Gasteiger partial charge in [-0.25, -0.2) is 8.42 Å². The number of carbonyl (C=O) groups is 1. The first-order valence-electron chi connectivity index (χ1n) is 6.81. The van der Waals surface area contributed by atoms with E-state index in [1.165, 1.54) is 12.1 Å². The Hall–Kier alpha value is -1.40. The zero-order valence-electron chi connectivity index (χ0n) is 11.8. The van der Waals surface area contributed by atoms with E-state index in [0.717, 1.165) is 19.3 Å². The molecule has 1 atom stereocenters. The minimum atomic E-state index is -3.46. The van der Waals surface area contributed by atoms with Crippen molar-refractivity contribution in [2.75, 3.05) is 13.6 Å². The Balaban J connectivity index is 2.27. The molecule has 0 radical (unpaired) electrons. The van der Waals surface area contributed by atoms with Gasteiger partial charge in [0.15, 0.2) is 0 Å². The van der Waals surface area contributed by atoms with E-state index in [9.17, 15) is 13.2 Å². The predicted molar refractivity (Wildman–Crippen MR) is 77.0 cm³/mol. The van der Waals surface area contributed by atoms with Crippen molar-refractivity contribution >= 4 is 15.9 Å². The van der Waals surface area contributed by atoms with Gasteiger partial charge in [-0.1, -0.05) is 6.42 Å². The third-order valence-electron chi connectivity index (χ3n) is 3.69. The Bertz CT molecular complexity index is 581. The molecule has 1 aromatic carbocycles. The highest BCUT2D eigenvalue weighted by atomic mass is 32.2. The summed E-state index contributed by atoms with van der Waals surface area (Å²) < 4.78 is 26.7. The van der Waals surface area contributed by atoms with Gasteiger partial charge in [0.2, 0.25) is 10.0 Å². The second-order valence-electron chi connectivity index (χ2n) is 5.06. The minimum Gasteiger partial charge on any atom is -0.355 e. The number of amides is 1. The fourth-order valence-corrected chi connectivity index (χ4v) is 4.19. The maximum atomic E-state index is 12.6. The highest BCUT2D eigenvalue weighted by molar-refractivity contribution is 7.89. The van der Waals surface area contributed by atoms with Gasteiger partial charge in [0.1, 0.15) is 0 Å². The molecule has 6 heteroatoms. The van der Waals surface area contributed by atoms with E-state index in [1.807, 2.05) is 6.92 Å². The predicted octanol–water partition coefficient (Wildman–Crippen LogP) is 1.61. The van der Waals surface area contributed by atoms with Crippen LogP contribution in [0.15, 0.2) is 29.2 Å². The number of hydrogen-bond donors (Lipinski definition) is 1. The number of nitrogens with one attached hydrogen (secondary N) is 1. The second-order valence-corrected chi connectivity index (χ2v) is 6.95. The van der Waals surface area contributed by atoms with E-state index in [4.69, 9.17) is 0 Å². The molecular weight excluding hydrogens is 276 g/mol. The molecule has 1 fully saturated rings. The fourth-order valence-electron chi connectivity index (χ4n) is 2.49. The molecule has 1 saturated heterocycles. The summed E-state index contributed by atoms with van der Waals surface area (Å²) in [4.78, 5) is 11.7. The number of carbonyl (C=O) groups excluding carboxylic acids is 1. The van der Waals surface area contributed by atoms with Gasteiger partial charge < -0.3 is 5.32 Å². The number of nitrogens with zero attached hydrogens (tertiary/aromatic N) is 1. The number of hydrogen-bond acceptors (Lipinski definition) is 3. The minimum absolute atomic E-state index is 0.0346. The van der Waals surface area contributed by atoms with Crippen molar-refractivity contribution in [3.63, 3.8) is 0 Å². The quantitative estimate of drug-likeness (QED) is 0.921. The van der Waals surface area contributed by atoms with Crippen molar-refractivity contribution in [2.24, 2.45) is 0 Å². The van der Waals surface area contributed by atoms with Crippen LogP contribution in [0.4, 0.5) is 0 Å². The van der Waals surface area contributed by atoms with Crippen LogP contribution in [0.25, 0.3) is 0 Å². The van der Waals surface area contributed by atoms with Crippen LogP contribution in [-0.2, 0) is 10.0 Å². The third kappa shape index (κ3) is 2.86. The standard InChI is InChI=1S/C14H20N2O3S/c1-11-5-3-4-10-16(11)20(18,19)13-8-6-12(7-9-13)14(17)15-2/h6-9,11H,3-5,10H2,1-2H3,(H,15,17)/t11-/m0/s1. The maximum Gasteiger partial charge on any atom is 0.251 e. The van der Waals surface area contributed by atoms with Crippen LogP contribution in [0, 0.1) is 0 Å². The van der Waals surface area contributed by atoms with Crippen molar-refractivity contribution < 1.29 is 13.2 Å². The van der Waals surface area contributed by atoms with Crippen LogP contribution in [-0.4, -0.2) is 38.3 Å². The van der Waals surface area contributed by atoms with Crippen LogP contribution >= 0.6 is 0 Å². The van der Waals surface area contributed by atoms with Gasteiger partial charge in [-0.2, -0.15) is 4.31 Å². The molecule has 1 N–H and O–H groups in total. The first kappa shape index (κ1) is 15.0. The molecule has 1 heterocycles. The molecule has 5 nitrogen and oxygen atoms in total. The molecule has 2 rings (SSSR count). The lowest BCUT2D eigenvalue weighted by atomic mass is 10.1. The molecule has 1 aliphatic heterocycles. The van der Waals surface area contributed by atoms with Crippen molar-refractivity contribution in [1.29, 1.82) is 0 Å². The van der Waals surface area contributed by atoms with Crippen molar-refractivity contribution in [2.45, 2.75) is 37.1 Å². The van der Waals surface area contributed by atoms with E-state index < -0.39 is 10.0 Å². The zero-order valence-corrected chi connectivity index (χ0v) is 12.6. The van der Waals surface area contributed by atoms with E-state index in [-0.39, 0.29) is 16.8 Å². The maximum absolute atomic E-state index is 12.6. The fraction of sp³-hybridized carbons (Fsp3) is 0.500. The van der Waals surface area contributed by atoms with Gasteiger partial charge in [0.05, 0.1) is 4.90 Å². The molecular formula is C14H20N2O3S. The van der Waals surface area contributed by atoms with E-state index in [1.54, 1.807) is 23.5 Å². The third-order valence-corrected chi connectivity index (χ3v) is 5.72. The normalized spacial score (nSPS) is 20.6. The Kier molecular flexibility index (Phi) is 4.45. The number of rotatable bonds is 3. The van der Waals surface area contributed by atoms with Gasteiger partial charge in [-0.15, -0.1) is 0 Å². The van der Waals surface area contributed by atoms with Gasteiger partial charge in [-0.05, 0) is 44.0 Å². The number of sulfonamides is 1. The summed E-state index contributed by atoms with van der Waals surface area (Å²) in [6.45, 7) is 2.51. The Morgan fingerprint density at radius 3 is 2.45 bits per heavy atom. The molecule has 0 unspecified atom stereocenters. The van der Waals surface area contributed by atoms with E-state index in [0.29, 0.717) is 12.1 Å². The molecule has 110 valence electrons. The smallest absolute Gasteiger partial charge is 0.251 e. The Morgan fingerprint density at radius 1 is 1.25 bits per heavy atom. The van der Waals surface area contributed by atoms with Crippen LogP contribution in [0.1, 0.15) is 36.5 Å². The lowest BCUT2D eigenvalue weighted by Gasteiger charge is -2.32. The number of benzene rings is 1. The SMILES string of the molecule is CNC(=O)c1ccc(S(=O)(=O)N2CCCC[C@@H]2C)cc1. The average Bonchev–Trinajstić information content (AvgIpc) is 2.47. The summed E-state index contributed by atoms with van der Waals surface area (Å²) in [5, 5.41) is 2.51. The Labute approximate surface area is 120 Å². The van der Waals surface area contributed by atoms with Crippen LogP contribution in [0.5, 0.6) is 0 Å². The highest BCUT2D eigenvalue weighted by Gasteiger charge is 2.30. The molecule has 20 heavy (non-hydrogen) atoms. The molecule has 0 bridgehead atoms. The van der Waals surface area contributed by atoms with Crippen LogP contribution in [0.3, 0.4) is 0 Å². The summed E-state index contributed by atoms with van der Waals surface area (Å²) in [6, 6.07) is 6.12. The monoisotopic (exact) mass is 296 g/mol. The van der Waals surface area contributed by atoms with Crippen LogP contribution in [0.2, 0.25) is 0 Å². The first-order valence-corrected chi connectivity index (χ1v) is 8.25. The van der Waals surface area contributed by atoms with Crippen molar-refractivity contribution in [3.05, 3.63) is 29.8 Å².